The van der Waals surface area contributed by atoms with E-state index in [1.165, 1.54) is 11.1 Å². The summed E-state index contributed by atoms with van der Waals surface area (Å²) in [4.78, 5) is 16.4. The molecule has 1 atom stereocenters. The maximum atomic E-state index is 11.7. The Kier molecular flexibility index (Phi) is 10.6. The Hall–Kier alpha value is -2.29. The summed E-state index contributed by atoms with van der Waals surface area (Å²) in [6.45, 7) is 5.76. The SMILES string of the molecule is CCNC(=NCCc1ccc(OCC(=O)NC2CC2)cc1)NC(C)c1ccccc1.I. The van der Waals surface area contributed by atoms with Crippen molar-refractivity contribution in [1.82, 2.24) is 16.0 Å². The number of nitrogens with one attached hydrogen (secondary N) is 3. The molecule has 2 aromatic carbocycles. The maximum Gasteiger partial charge on any atom is 0.258 e. The summed E-state index contributed by atoms with van der Waals surface area (Å²) in [6.07, 6.45) is 3.00. The van der Waals surface area contributed by atoms with Crippen molar-refractivity contribution in [1.29, 1.82) is 0 Å². The minimum absolute atomic E-state index is 0. The molecule has 0 heterocycles. The molecule has 0 aromatic heterocycles. The molecule has 1 aliphatic rings. The number of ether oxygens (including phenoxy) is 1. The average molecular weight is 536 g/mol. The summed E-state index contributed by atoms with van der Waals surface area (Å²) in [5, 5.41) is 9.68. The zero-order valence-electron chi connectivity index (χ0n) is 18.3. The van der Waals surface area contributed by atoms with Gasteiger partial charge in [0.1, 0.15) is 5.75 Å². The highest BCUT2D eigenvalue weighted by Gasteiger charge is 2.23. The largest absolute Gasteiger partial charge is 0.484 e. The lowest BCUT2D eigenvalue weighted by atomic mass is 10.1. The lowest BCUT2D eigenvalue weighted by Crippen LogP contribution is -2.38. The third kappa shape index (κ3) is 9.16. The molecule has 1 amide bonds. The number of aliphatic imine (C=N–C) groups is 1. The van der Waals surface area contributed by atoms with E-state index in [0.29, 0.717) is 18.3 Å². The van der Waals surface area contributed by atoms with Crippen molar-refractivity contribution >= 4 is 35.8 Å². The third-order valence-electron chi connectivity index (χ3n) is 4.90. The van der Waals surface area contributed by atoms with E-state index in [1.807, 2.05) is 42.5 Å². The number of rotatable bonds is 10. The predicted molar refractivity (Wildman–Crippen MR) is 136 cm³/mol. The molecule has 1 saturated carbocycles. The van der Waals surface area contributed by atoms with Crippen LogP contribution in [0.3, 0.4) is 0 Å². The first-order valence-corrected chi connectivity index (χ1v) is 10.7. The Morgan fingerprint density at radius 3 is 2.48 bits per heavy atom. The van der Waals surface area contributed by atoms with Crippen molar-refractivity contribution in [2.45, 2.75) is 45.2 Å². The summed E-state index contributed by atoms with van der Waals surface area (Å²) in [6, 6.07) is 18.7. The molecule has 168 valence electrons. The van der Waals surface area contributed by atoms with E-state index in [0.717, 1.165) is 31.8 Å². The highest BCUT2D eigenvalue weighted by molar-refractivity contribution is 14.0. The molecule has 0 bridgehead atoms. The van der Waals surface area contributed by atoms with Crippen LogP contribution in [0, 0.1) is 0 Å². The number of guanidine groups is 1. The first-order chi connectivity index (χ1) is 14.6. The Balaban J connectivity index is 0.00000341. The Labute approximate surface area is 202 Å². The van der Waals surface area contributed by atoms with Crippen molar-refractivity contribution in [2.24, 2.45) is 4.99 Å². The van der Waals surface area contributed by atoms with Crippen LogP contribution in [0.15, 0.2) is 59.6 Å². The molecule has 3 N–H and O–H groups in total. The van der Waals surface area contributed by atoms with Gasteiger partial charge in [-0.1, -0.05) is 42.5 Å². The van der Waals surface area contributed by atoms with Gasteiger partial charge in [-0.25, -0.2) is 0 Å². The van der Waals surface area contributed by atoms with Gasteiger partial charge in [-0.15, -0.1) is 24.0 Å². The molecule has 0 aliphatic heterocycles. The van der Waals surface area contributed by atoms with Crippen LogP contribution in [0.4, 0.5) is 0 Å². The van der Waals surface area contributed by atoms with E-state index in [2.05, 4.69) is 41.9 Å². The van der Waals surface area contributed by atoms with Gasteiger partial charge >= 0.3 is 0 Å². The molecule has 0 spiro atoms. The quantitative estimate of drug-likeness (QED) is 0.245. The van der Waals surface area contributed by atoms with Crippen LogP contribution < -0.4 is 20.7 Å². The fourth-order valence-corrected chi connectivity index (χ4v) is 3.05. The van der Waals surface area contributed by atoms with E-state index in [-0.39, 0.29) is 42.5 Å². The standard InChI is InChI=1S/C24H32N4O2.HI/c1-3-25-24(27-18(2)20-7-5-4-6-8-20)26-16-15-19-9-13-22(14-10-19)30-17-23(29)28-21-11-12-21;/h4-10,13-14,18,21H,3,11-12,15-17H2,1-2H3,(H,28,29)(H2,25,26,27);1H. The second-order valence-corrected chi connectivity index (χ2v) is 7.56. The molecule has 7 heteroatoms. The number of nitrogens with zero attached hydrogens (tertiary/aromatic N) is 1. The number of halogens is 1. The van der Waals surface area contributed by atoms with Crippen LogP contribution >= 0.6 is 24.0 Å². The summed E-state index contributed by atoms with van der Waals surface area (Å²) in [5.74, 6) is 1.47. The zero-order valence-corrected chi connectivity index (χ0v) is 20.6. The number of carbonyl (C=O) groups excluding carboxylic acids is 1. The second-order valence-electron chi connectivity index (χ2n) is 7.56. The van der Waals surface area contributed by atoms with Crippen molar-refractivity contribution in [3.63, 3.8) is 0 Å². The van der Waals surface area contributed by atoms with Gasteiger partial charge in [-0.3, -0.25) is 9.79 Å². The van der Waals surface area contributed by atoms with Gasteiger partial charge in [0.15, 0.2) is 12.6 Å². The number of carbonyl (C=O) groups is 1. The molecular formula is C24H33IN4O2. The van der Waals surface area contributed by atoms with Crippen LogP contribution in [0.5, 0.6) is 5.75 Å². The van der Waals surface area contributed by atoms with Crippen LogP contribution in [-0.2, 0) is 11.2 Å². The summed E-state index contributed by atoms with van der Waals surface area (Å²) < 4.78 is 5.55. The Morgan fingerprint density at radius 2 is 1.84 bits per heavy atom. The highest BCUT2D eigenvalue weighted by atomic mass is 127. The lowest BCUT2D eigenvalue weighted by Gasteiger charge is -2.18. The minimum atomic E-state index is -0.0518. The van der Waals surface area contributed by atoms with Crippen LogP contribution in [-0.4, -0.2) is 37.6 Å². The number of amides is 1. The van der Waals surface area contributed by atoms with E-state index >= 15 is 0 Å². The predicted octanol–water partition coefficient (Wildman–Crippen LogP) is 3.82. The van der Waals surface area contributed by atoms with E-state index < -0.39 is 0 Å². The zero-order chi connectivity index (χ0) is 21.2. The van der Waals surface area contributed by atoms with Crippen molar-refractivity contribution in [3.05, 3.63) is 65.7 Å². The summed E-state index contributed by atoms with van der Waals surface area (Å²) >= 11 is 0. The van der Waals surface area contributed by atoms with Crippen molar-refractivity contribution in [2.75, 3.05) is 19.7 Å². The van der Waals surface area contributed by atoms with Gasteiger partial charge in [-0.05, 0) is 56.4 Å². The first-order valence-electron chi connectivity index (χ1n) is 10.7. The van der Waals surface area contributed by atoms with Crippen molar-refractivity contribution < 1.29 is 9.53 Å². The summed E-state index contributed by atoms with van der Waals surface area (Å²) in [7, 11) is 0. The second kappa shape index (κ2) is 13.2. The van der Waals surface area contributed by atoms with Gasteiger partial charge in [0, 0.05) is 19.1 Å². The molecule has 6 nitrogen and oxygen atoms in total. The first kappa shape index (κ1) is 25.0. The van der Waals surface area contributed by atoms with Gasteiger partial charge in [0.25, 0.3) is 5.91 Å². The molecule has 0 saturated heterocycles. The molecule has 3 rings (SSSR count). The lowest BCUT2D eigenvalue weighted by molar-refractivity contribution is -0.123. The number of hydrogen-bond donors (Lipinski definition) is 3. The fourth-order valence-electron chi connectivity index (χ4n) is 3.05. The normalized spacial score (nSPS) is 14.2. The van der Waals surface area contributed by atoms with Gasteiger partial charge in [0.2, 0.25) is 0 Å². The smallest absolute Gasteiger partial charge is 0.258 e. The Bertz CT molecular complexity index is 823. The Morgan fingerprint density at radius 1 is 1.13 bits per heavy atom. The summed E-state index contributed by atoms with van der Waals surface area (Å²) in [5.41, 5.74) is 2.41. The van der Waals surface area contributed by atoms with Crippen LogP contribution in [0.1, 0.15) is 43.9 Å². The maximum absolute atomic E-state index is 11.7. The third-order valence-corrected chi connectivity index (χ3v) is 4.90. The topological polar surface area (TPSA) is 74.8 Å². The van der Waals surface area contributed by atoms with Gasteiger partial charge in [0.05, 0.1) is 6.04 Å². The van der Waals surface area contributed by atoms with E-state index in [1.54, 1.807) is 0 Å². The molecule has 1 fully saturated rings. The molecule has 1 unspecified atom stereocenters. The fraction of sp³-hybridized carbons (Fsp3) is 0.417. The van der Waals surface area contributed by atoms with Crippen LogP contribution in [0.25, 0.3) is 0 Å². The minimum Gasteiger partial charge on any atom is -0.484 e. The number of benzene rings is 2. The van der Waals surface area contributed by atoms with E-state index in [4.69, 9.17) is 9.73 Å². The van der Waals surface area contributed by atoms with Crippen LogP contribution in [0.2, 0.25) is 0 Å². The van der Waals surface area contributed by atoms with Gasteiger partial charge in [-0.2, -0.15) is 0 Å². The van der Waals surface area contributed by atoms with Gasteiger partial charge < -0.3 is 20.7 Å². The molecule has 0 radical (unpaired) electrons. The molecular weight excluding hydrogens is 503 g/mol. The molecule has 1 aliphatic carbocycles. The molecule has 2 aromatic rings. The van der Waals surface area contributed by atoms with Crippen molar-refractivity contribution in [3.8, 4) is 5.75 Å². The van der Waals surface area contributed by atoms with E-state index in [9.17, 15) is 4.79 Å². The highest BCUT2D eigenvalue weighted by Crippen LogP contribution is 2.18. The molecule has 31 heavy (non-hydrogen) atoms. The average Bonchev–Trinajstić information content (AvgIpc) is 3.58. The number of hydrogen-bond acceptors (Lipinski definition) is 3. The monoisotopic (exact) mass is 536 g/mol.